The third kappa shape index (κ3) is 6.99. The Morgan fingerprint density at radius 2 is 1.73 bits per heavy atom. The van der Waals surface area contributed by atoms with Crippen LogP contribution in [0, 0.1) is 22.7 Å². The molecule has 0 heterocycles. The highest BCUT2D eigenvalue weighted by molar-refractivity contribution is 6.01. The van der Waals surface area contributed by atoms with Crippen LogP contribution in [0.15, 0.2) is 48.1 Å². The Morgan fingerprint density at radius 1 is 1.04 bits per heavy atom. The fourth-order valence-corrected chi connectivity index (χ4v) is 8.75. The number of nitrogens with two attached hydrogens (primary N) is 1. The van der Waals surface area contributed by atoms with Gasteiger partial charge < -0.3 is 35.3 Å². The molecule has 3 saturated carbocycles. The molecule has 1 aromatic rings. The molecule has 0 amide bonds. The number of allylic oxidation sites excluding steroid dienone is 4. The molecule has 1 unspecified atom stereocenters. The zero-order valence-corrected chi connectivity index (χ0v) is 28.4. The van der Waals surface area contributed by atoms with Crippen LogP contribution >= 0.6 is 0 Å². The summed E-state index contributed by atoms with van der Waals surface area (Å²) in [5.74, 6) is -3.45. The largest absolute Gasteiger partial charge is 0.514 e. The molecule has 0 spiro atoms. The van der Waals surface area contributed by atoms with Crippen molar-refractivity contribution < 1.29 is 68.4 Å². The molecule has 3 fully saturated rings. The van der Waals surface area contributed by atoms with Crippen molar-refractivity contribution in [3.8, 4) is 5.75 Å². The van der Waals surface area contributed by atoms with Crippen molar-refractivity contribution in [2.45, 2.75) is 88.3 Å². The number of hydrogen-bond acceptors (Lipinski definition) is 15. The first-order valence-electron chi connectivity index (χ1n) is 16.9. The van der Waals surface area contributed by atoms with Crippen LogP contribution in [0.3, 0.4) is 0 Å². The van der Waals surface area contributed by atoms with Gasteiger partial charge in [0.25, 0.3) is 0 Å². The number of nitrogens with zero attached hydrogens (tertiary/aromatic N) is 1. The van der Waals surface area contributed by atoms with Gasteiger partial charge in [-0.1, -0.05) is 30.7 Å². The summed E-state index contributed by atoms with van der Waals surface area (Å²) >= 11 is 0. The molecule has 5 rings (SSSR count). The number of benzene rings is 1. The molecule has 16 heteroatoms. The fraction of sp³-hybridized carbons (Fsp3) is 0.600. The molecule has 15 nitrogen and oxygen atoms in total. The normalized spacial score (nSPS) is 34.5. The van der Waals surface area contributed by atoms with E-state index in [2.05, 4.69) is 4.84 Å². The van der Waals surface area contributed by atoms with Gasteiger partial charge in [0.2, 0.25) is 5.78 Å². The van der Waals surface area contributed by atoms with E-state index in [1.54, 1.807) is 19.1 Å². The first-order valence-corrected chi connectivity index (χ1v) is 16.9. The van der Waals surface area contributed by atoms with Crippen LogP contribution in [-0.2, 0) is 35.1 Å². The third-order valence-electron chi connectivity index (χ3n) is 11.5. The lowest BCUT2D eigenvalue weighted by atomic mass is 9.44. The number of alkyl halides is 1. The number of unbranched alkanes of at least 4 members (excludes halogenated alkanes) is 1. The summed E-state index contributed by atoms with van der Waals surface area (Å²) in [5.41, 5.74) is -0.323. The summed E-state index contributed by atoms with van der Waals surface area (Å²) in [6.07, 6.45) is 0.667. The minimum atomic E-state index is -2.46. The first kappa shape index (κ1) is 38.6. The highest BCUT2D eigenvalue weighted by Gasteiger charge is 2.76. The van der Waals surface area contributed by atoms with Gasteiger partial charge in [-0.15, -0.1) is 0 Å². The molecule has 0 aromatic heterocycles. The third-order valence-corrected chi connectivity index (χ3v) is 11.5. The molecular weight excluding hydrogens is 675 g/mol. The molecule has 9 atom stereocenters. The van der Waals surface area contributed by atoms with Crippen molar-refractivity contribution >= 4 is 23.7 Å². The molecule has 4 aliphatic rings. The van der Waals surface area contributed by atoms with Crippen LogP contribution in [0.1, 0.15) is 57.9 Å². The number of aliphatic hydroxyl groups is 3. The Bertz CT molecular complexity index is 1570. The number of ether oxygens (including phenoxy) is 3. The van der Waals surface area contributed by atoms with E-state index >= 15 is 4.39 Å². The van der Waals surface area contributed by atoms with Crippen molar-refractivity contribution in [2.75, 3.05) is 19.8 Å². The molecule has 1 aromatic carbocycles. The monoisotopic (exact) mass is 720 g/mol. The van der Waals surface area contributed by atoms with Crippen molar-refractivity contribution in [3.63, 3.8) is 0 Å². The molecule has 4 aliphatic carbocycles. The van der Waals surface area contributed by atoms with Crippen LogP contribution in [-0.4, -0.2) is 104 Å². The summed E-state index contributed by atoms with van der Waals surface area (Å²) < 4.78 is 32.6. The Kier molecular flexibility index (Phi) is 11.2. The lowest BCUT2D eigenvalue weighted by molar-refractivity contribution is -0.492. The molecule has 0 radical (unpaired) electrons. The van der Waals surface area contributed by atoms with Crippen LogP contribution < -0.4 is 10.5 Å². The van der Waals surface area contributed by atoms with Gasteiger partial charge >= 0.3 is 12.1 Å². The summed E-state index contributed by atoms with van der Waals surface area (Å²) in [4.78, 5) is 54.7. The zero-order valence-electron chi connectivity index (χ0n) is 28.4. The number of carbonyl (C=O) groups is 4. The summed E-state index contributed by atoms with van der Waals surface area (Å²) in [5, 5.41) is 50.9. The van der Waals surface area contributed by atoms with Gasteiger partial charge in [0.1, 0.15) is 11.8 Å². The number of Topliss-reactive ketones (excluding diaryl/α,β-unsaturated/α-hetero) is 1. The lowest BCUT2D eigenvalue weighted by Crippen LogP contribution is -2.69. The summed E-state index contributed by atoms with van der Waals surface area (Å²) in [6, 6.07) is 4.95. The van der Waals surface area contributed by atoms with Gasteiger partial charge in [-0.05, 0) is 87.6 Å². The van der Waals surface area contributed by atoms with E-state index < -0.39 is 82.1 Å². The molecule has 51 heavy (non-hydrogen) atoms. The fourth-order valence-electron chi connectivity index (χ4n) is 8.75. The van der Waals surface area contributed by atoms with E-state index in [1.165, 1.54) is 37.3 Å². The Hall–Kier alpha value is -3.61. The van der Waals surface area contributed by atoms with Crippen molar-refractivity contribution in [2.24, 2.45) is 28.4 Å². The van der Waals surface area contributed by atoms with Gasteiger partial charge in [0, 0.05) is 16.7 Å². The highest BCUT2D eigenvalue weighted by atomic mass is 19.1. The van der Waals surface area contributed by atoms with Crippen LogP contribution in [0.5, 0.6) is 5.75 Å². The van der Waals surface area contributed by atoms with E-state index in [0.717, 1.165) is 0 Å². The SMILES string of the molecule is C[C@]12C=CC(=O)C=C1CC[C@H]1[C@@H]3C[C@@H](O)[C@](O)(C(=O)COC(=O)Oc4ccc(C[C@H](N)C(=O)OCCCCON(O)O)cc4)[C@@]3(C)C[C@H](O)C12F. The van der Waals surface area contributed by atoms with Gasteiger partial charge in [-0.25, -0.2) is 9.18 Å². The number of fused-ring (bicyclic) bond motifs is 5. The standard InChI is InChI=1S/C35H45FN2O13/c1-32-12-11-22(39)16-21(32)7-10-24-25-17-27(40)35(45,33(25,2)18-28(41)34(24,32)36)29(42)19-49-31(44)51-23-8-5-20(6-9-23)15-26(37)30(43)48-13-3-4-14-50-38(46)47/h5-6,8-9,11-12,16,24-28,40-41,45-47H,3-4,7,10,13-15,17-19,37H2,1-2H3/t24-,25-,26-,27+,28-,32-,33-,34?,35-/m0/s1. The average Bonchev–Trinajstić information content (AvgIpc) is 3.28. The highest BCUT2D eigenvalue weighted by Crippen LogP contribution is 2.69. The predicted molar refractivity (Wildman–Crippen MR) is 171 cm³/mol. The second kappa shape index (κ2) is 14.8. The summed E-state index contributed by atoms with van der Waals surface area (Å²) in [7, 11) is 0. The van der Waals surface area contributed by atoms with E-state index in [4.69, 9.17) is 30.4 Å². The number of rotatable bonds is 13. The number of carbonyl (C=O) groups excluding carboxylic acids is 4. The van der Waals surface area contributed by atoms with E-state index in [-0.39, 0.29) is 50.4 Å². The van der Waals surface area contributed by atoms with E-state index in [1.807, 2.05) is 0 Å². The predicted octanol–water partition coefficient (Wildman–Crippen LogP) is 2.05. The number of esters is 1. The molecular formula is C35H45FN2O13. The number of halogens is 1. The number of ketones is 2. The lowest BCUT2D eigenvalue weighted by Gasteiger charge is -2.62. The Labute approximate surface area is 293 Å². The molecule has 280 valence electrons. The smallest absolute Gasteiger partial charge is 0.465 e. The van der Waals surface area contributed by atoms with Gasteiger partial charge in [-0.2, -0.15) is 0 Å². The van der Waals surface area contributed by atoms with Crippen LogP contribution in [0.25, 0.3) is 0 Å². The van der Waals surface area contributed by atoms with Gasteiger partial charge in [0.05, 0.1) is 30.8 Å². The minimum absolute atomic E-state index is 0.0105. The Morgan fingerprint density at radius 3 is 2.41 bits per heavy atom. The molecule has 7 N–H and O–H groups in total. The molecule has 0 bridgehead atoms. The maximum atomic E-state index is 17.3. The quantitative estimate of drug-likeness (QED) is 0.0740. The second-order valence-electron chi connectivity index (χ2n) is 14.3. The summed E-state index contributed by atoms with van der Waals surface area (Å²) in [6.45, 7) is 2.28. The van der Waals surface area contributed by atoms with E-state index in [9.17, 15) is 34.5 Å². The van der Waals surface area contributed by atoms with Crippen LogP contribution in [0.4, 0.5) is 9.18 Å². The van der Waals surface area contributed by atoms with Crippen molar-refractivity contribution in [1.82, 2.24) is 5.39 Å². The maximum absolute atomic E-state index is 17.3. The first-order chi connectivity index (χ1) is 24.0. The number of hydrogen-bond donors (Lipinski definition) is 6. The maximum Gasteiger partial charge on any atom is 0.514 e. The minimum Gasteiger partial charge on any atom is -0.465 e. The van der Waals surface area contributed by atoms with Gasteiger partial charge in [0.15, 0.2) is 23.7 Å². The van der Waals surface area contributed by atoms with Crippen molar-refractivity contribution in [3.05, 3.63) is 53.6 Å². The number of aliphatic hydroxyl groups excluding tert-OH is 2. The van der Waals surface area contributed by atoms with Crippen molar-refractivity contribution in [1.29, 1.82) is 0 Å². The van der Waals surface area contributed by atoms with Gasteiger partial charge in [-0.3, -0.25) is 29.6 Å². The topological polar surface area (TPSA) is 236 Å². The second-order valence-corrected chi connectivity index (χ2v) is 14.3. The molecule has 0 saturated heterocycles. The molecule has 0 aliphatic heterocycles. The average molecular weight is 721 g/mol. The Balaban J connectivity index is 1.15. The van der Waals surface area contributed by atoms with E-state index in [0.29, 0.717) is 30.4 Å². The van der Waals surface area contributed by atoms with Crippen LogP contribution in [0.2, 0.25) is 0 Å². The zero-order chi connectivity index (χ0) is 37.4.